The van der Waals surface area contributed by atoms with Crippen LogP contribution in [0.4, 0.5) is 10.1 Å². The summed E-state index contributed by atoms with van der Waals surface area (Å²) in [7, 11) is 0. The summed E-state index contributed by atoms with van der Waals surface area (Å²) in [6.45, 7) is 0. The van der Waals surface area contributed by atoms with E-state index in [2.05, 4.69) is 31.5 Å². The Morgan fingerprint density at radius 3 is 2.71 bits per heavy atom. The molecule has 0 aliphatic carbocycles. The Morgan fingerprint density at radius 1 is 1.19 bits per heavy atom. The molecule has 3 rings (SSSR count). The van der Waals surface area contributed by atoms with E-state index in [1.807, 2.05) is 6.07 Å². The first-order chi connectivity index (χ1) is 10.1. The molecular formula is C13H8BrClFN5. The van der Waals surface area contributed by atoms with E-state index in [9.17, 15) is 4.39 Å². The molecule has 1 aromatic heterocycles. The molecule has 0 aliphatic heterocycles. The van der Waals surface area contributed by atoms with Crippen molar-refractivity contribution >= 4 is 33.2 Å². The Labute approximate surface area is 132 Å². The topological polar surface area (TPSA) is 69.6 Å². The van der Waals surface area contributed by atoms with Crippen LogP contribution in [0, 0.1) is 5.82 Å². The molecule has 3 aromatic rings. The lowest BCUT2D eigenvalue weighted by Crippen LogP contribution is -2.01. The van der Waals surface area contributed by atoms with Crippen molar-refractivity contribution in [1.29, 1.82) is 0 Å². The average Bonchev–Trinajstić information content (AvgIpc) is 2.91. The van der Waals surface area contributed by atoms with Gasteiger partial charge in [-0.05, 0) is 46.8 Å². The summed E-state index contributed by atoms with van der Waals surface area (Å²) < 4.78 is 15.9. The molecule has 0 spiro atoms. The van der Waals surface area contributed by atoms with E-state index >= 15 is 0 Å². The second-order valence-corrected chi connectivity index (χ2v) is 5.57. The number of hydrogen-bond donors (Lipinski definition) is 1. The van der Waals surface area contributed by atoms with Gasteiger partial charge in [-0.1, -0.05) is 27.5 Å². The molecular weight excluding hydrogens is 361 g/mol. The molecule has 106 valence electrons. The van der Waals surface area contributed by atoms with Crippen molar-refractivity contribution in [3.05, 3.63) is 51.7 Å². The second-order valence-electron chi connectivity index (χ2n) is 4.25. The van der Waals surface area contributed by atoms with Gasteiger partial charge in [-0.2, -0.15) is 4.68 Å². The lowest BCUT2D eigenvalue weighted by Gasteiger charge is -2.07. The number of tetrazole rings is 1. The minimum atomic E-state index is -0.524. The van der Waals surface area contributed by atoms with Gasteiger partial charge in [-0.3, -0.25) is 0 Å². The maximum Gasteiger partial charge on any atom is 0.187 e. The van der Waals surface area contributed by atoms with Gasteiger partial charge in [0.25, 0.3) is 0 Å². The smallest absolute Gasteiger partial charge is 0.187 e. The van der Waals surface area contributed by atoms with Crippen LogP contribution in [-0.4, -0.2) is 20.2 Å². The summed E-state index contributed by atoms with van der Waals surface area (Å²) in [4.78, 5) is 0. The Balaban J connectivity index is 2.14. The van der Waals surface area contributed by atoms with Crippen molar-refractivity contribution in [1.82, 2.24) is 20.2 Å². The zero-order valence-corrected chi connectivity index (χ0v) is 12.8. The van der Waals surface area contributed by atoms with E-state index in [1.165, 1.54) is 16.8 Å². The van der Waals surface area contributed by atoms with Crippen LogP contribution in [0.2, 0.25) is 5.02 Å². The van der Waals surface area contributed by atoms with Crippen molar-refractivity contribution in [3.63, 3.8) is 0 Å². The fourth-order valence-electron chi connectivity index (χ4n) is 1.85. The molecule has 0 unspecified atom stereocenters. The van der Waals surface area contributed by atoms with Gasteiger partial charge in [0.05, 0.1) is 16.4 Å². The van der Waals surface area contributed by atoms with Crippen molar-refractivity contribution in [3.8, 4) is 17.1 Å². The number of benzene rings is 2. The van der Waals surface area contributed by atoms with E-state index in [4.69, 9.17) is 17.3 Å². The van der Waals surface area contributed by atoms with Crippen molar-refractivity contribution in [2.24, 2.45) is 0 Å². The second kappa shape index (κ2) is 5.42. The van der Waals surface area contributed by atoms with Crippen molar-refractivity contribution in [2.45, 2.75) is 0 Å². The molecule has 5 nitrogen and oxygen atoms in total. The van der Waals surface area contributed by atoms with Gasteiger partial charge in [-0.25, -0.2) is 4.39 Å². The molecule has 0 saturated carbocycles. The molecule has 21 heavy (non-hydrogen) atoms. The number of halogens is 3. The summed E-state index contributed by atoms with van der Waals surface area (Å²) in [6.07, 6.45) is 0. The van der Waals surface area contributed by atoms with Gasteiger partial charge in [0, 0.05) is 10.0 Å². The van der Waals surface area contributed by atoms with Gasteiger partial charge in [0.1, 0.15) is 5.82 Å². The summed E-state index contributed by atoms with van der Waals surface area (Å²) in [5.41, 5.74) is 6.64. The van der Waals surface area contributed by atoms with Gasteiger partial charge in [-0.15, -0.1) is 5.10 Å². The van der Waals surface area contributed by atoms with Crippen LogP contribution in [0.5, 0.6) is 0 Å². The predicted molar refractivity (Wildman–Crippen MR) is 81.7 cm³/mol. The Kier molecular flexibility index (Phi) is 3.60. The number of hydrogen-bond acceptors (Lipinski definition) is 4. The molecule has 1 heterocycles. The minimum absolute atomic E-state index is 0.0689. The highest BCUT2D eigenvalue weighted by molar-refractivity contribution is 9.10. The van der Waals surface area contributed by atoms with Gasteiger partial charge in [0.15, 0.2) is 5.82 Å². The molecule has 8 heteroatoms. The number of nitrogen functional groups attached to an aromatic ring is 1. The largest absolute Gasteiger partial charge is 0.396 e. The Bertz CT molecular complexity index is 820. The van der Waals surface area contributed by atoms with E-state index in [0.717, 1.165) is 4.47 Å². The third-order valence-electron chi connectivity index (χ3n) is 2.87. The van der Waals surface area contributed by atoms with Crippen LogP contribution in [-0.2, 0) is 0 Å². The zero-order valence-electron chi connectivity index (χ0n) is 10.5. The fourth-order valence-corrected chi connectivity index (χ4v) is 2.60. The maximum absolute atomic E-state index is 13.6. The summed E-state index contributed by atoms with van der Waals surface area (Å²) in [5, 5.41) is 11.9. The number of aromatic nitrogens is 4. The molecule has 0 radical (unpaired) electrons. The maximum atomic E-state index is 13.6. The fraction of sp³-hybridized carbons (Fsp3) is 0. The van der Waals surface area contributed by atoms with Gasteiger partial charge in [0.2, 0.25) is 0 Å². The van der Waals surface area contributed by atoms with E-state index in [1.54, 1.807) is 18.2 Å². The molecule has 2 N–H and O–H groups in total. The van der Waals surface area contributed by atoms with Crippen LogP contribution in [0.15, 0.2) is 40.9 Å². The zero-order chi connectivity index (χ0) is 15.0. The standard InChI is InChI=1S/C13H8BrClFN5/c14-8-2-4-12(9(15)6-8)21-13(18-19-20-21)7-1-3-11(17)10(16)5-7/h1-6H,17H2. The number of rotatable bonds is 2. The quantitative estimate of drug-likeness (QED) is 0.703. The number of nitrogens with two attached hydrogens (primary N) is 1. The van der Waals surface area contributed by atoms with E-state index < -0.39 is 5.82 Å². The molecule has 0 fully saturated rings. The van der Waals surface area contributed by atoms with E-state index in [-0.39, 0.29) is 5.69 Å². The summed E-state index contributed by atoms with van der Waals surface area (Å²) >= 11 is 9.53. The number of anilines is 1. The van der Waals surface area contributed by atoms with Crippen LogP contribution < -0.4 is 5.73 Å². The van der Waals surface area contributed by atoms with Gasteiger partial charge >= 0.3 is 0 Å². The third-order valence-corrected chi connectivity index (χ3v) is 3.66. The molecule has 0 aliphatic rings. The van der Waals surface area contributed by atoms with E-state index in [0.29, 0.717) is 22.1 Å². The molecule has 2 aromatic carbocycles. The lowest BCUT2D eigenvalue weighted by molar-refractivity contribution is 0.632. The molecule has 0 saturated heterocycles. The first kappa shape index (κ1) is 14.0. The number of nitrogens with zero attached hydrogens (tertiary/aromatic N) is 4. The van der Waals surface area contributed by atoms with Crippen molar-refractivity contribution < 1.29 is 4.39 Å². The highest BCUT2D eigenvalue weighted by Gasteiger charge is 2.14. The molecule has 0 bridgehead atoms. The highest BCUT2D eigenvalue weighted by Crippen LogP contribution is 2.28. The van der Waals surface area contributed by atoms with Crippen LogP contribution in [0.3, 0.4) is 0 Å². The molecule has 0 atom stereocenters. The minimum Gasteiger partial charge on any atom is -0.396 e. The Hall–Kier alpha value is -1.99. The summed E-state index contributed by atoms with van der Waals surface area (Å²) in [6, 6.07) is 9.70. The first-order valence-electron chi connectivity index (χ1n) is 5.85. The monoisotopic (exact) mass is 367 g/mol. The van der Waals surface area contributed by atoms with Crippen LogP contribution >= 0.6 is 27.5 Å². The SMILES string of the molecule is Nc1ccc(-c2nnnn2-c2ccc(Br)cc2Cl)cc1F. The molecule has 0 amide bonds. The third kappa shape index (κ3) is 2.62. The van der Waals surface area contributed by atoms with Gasteiger partial charge < -0.3 is 5.73 Å². The highest BCUT2D eigenvalue weighted by atomic mass is 79.9. The average molecular weight is 369 g/mol. The Morgan fingerprint density at radius 2 is 2.00 bits per heavy atom. The first-order valence-corrected chi connectivity index (χ1v) is 7.02. The van der Waals surface area contributed by atoms with Crippen LogP contribution in [0.25, 0.3) is 17.1 Å². The lowest BCUT2D eigenvalue weighted by atomic mass is 10.2. The van der Waals surface area contributed by atoms with Crippen LogP contribution in [0.1, 0.15) is 0 Å². The summed E-state index contributed by atoms with van der Waals surface area (Å²) in [5.74, 6) is -0.151. The normalized spacial score (nSPS) is 10.8. The van der Waals surface area contributed by atoms with Crippen molar-refractivity contribution in [2.75, 3.05) is 5.73 Å². The predicted octanol–water partition coefficient (Wildman–Crippen LogP) is 3.47.